The minimum atomic E-state index is -3.78. The number of ether oxygens (including phenoxy) is 1. The molecule has 0 amide bonds. The zero-order valence-corrected chi connectivity index (χ0v) is 13.3. The summed E-state index contributed by atoms with van der Waals surface area (Å²) in [5, 5.41) is 0. The van der Waals surface area contributed by atoms with Gasteiger partial charge in [0.15, 0.2) is 0 Å². The van der Waals surface area contributed by atoms with Gasteiger partial charge in [0.25, 0.3) is 15.6 Å². The zero-order chi connectivity index (χ0) is 16.3. The second-order valence-electron chi connectivity index (χ2n) is 5.00. The Morgan fingerprint density at radius 3 is 2.59 bits per heavy atom. The molecule has 8 heteroatoms. The van der Waals surface area contributed by atoms with Gasteiger partial charge in [-0.05, 0) is 32.9 Å². The molecular formula is C14H17N3O4S. The molecule has 2 aromatic heterocycles. The van der Waals surface area contributed by atoms with Crippen LogP contribution in [0.25, 0.3) is 0 Å². The summed E-state index contributed by atoms with van der Waals surface area (Å²) in [5.74, 6) is 0.355. The first-order chi connectivity index (χ1) is 10.3. The van der Waals surface area contributed by atoms with Gasteiger partial charge in [-0.2, -0.15) is 0 Å². The van der Waals surface area contributed by atoms with Crippen LogP contribution < -0.4 is 15.0 Å². The molecule has 7 nitrogen and oxygen atoms in total. The van der Waals surface area contributed by atoms with Crippen LogP contribution in [-0.4, -0.2) is 24.5 Å². The van der Waals surface area contributed by atoms with Crippen molar-refractivity contribution >= 4 is 15.7 Å². The fourth-order valence-electron chi connectivity index (χ4n) is 1.71. The quantitative estimate of drug-likeness (QED) is 0.871. The molecule has 0 aliphatic carbocycles. The van der Waals surface area contributed by atoms with E-state index in [-0.39, 0.29) is 22.2 Å². The maximum absolute atomic E-state index is 12.2. The van der Waals surface area contributed by atoms with Crippen molar-refractivity contribution in [2.45, 2.75) is 31.8 Å². The van der Waals surface area contributed by atoms with Crippen molar-refractivity contribution in [2.24, 2.45) is 0 Å². The molecule has 2 rings (SSSR count). The maximum Gasteiger partial charge on any atom is 0.263 e. The van der Waals surface area contributed by atoms with Crippen molar-refractivity contribution in [3.8, 4) is 5.88 Å². The number of anilines is 1. The summed E-state index contributed by atoms with van der Waals surface area (Å²) in [6.45, 7) is 5.30. The number of H-pyrrole nitrogens is 1. The Hall–Kier alpha value is -2.35. The van der Waals surface area contributed by atoms with Crippen LogP contribution in [0.2, 0.25) is 0 Å². The number of pyridine rings is 2. The summed E-state index contributed by atoms with van der Waals surface area (Å²) in [6, 6.07) is 4.36. The fourth-order valence-corrected chi connectivity index (χ4v) is 2.69. The van der Waals surface area contributed by atoms with Crippen LogP contribution in [0, 0.1) is 6.92 Å². The summed E-state index contributed by atoms with van der Waals surface area (Å²) in [4.78, 5) is 17.7. The number of nitrogens with one attached hydrogen (secondary N) is 2. The van der Waals surface area contributed by atoms with Crippen LogP contribution in [-0.2, 0) is 10.0 Å². The molecule has 118 valence electrons. The summed E-state index contributed by atoms with van der Waals surface area (Å²) in [7, 11) is -3.78. The van der Waals surface area contributed by atoms with Gasteiger partial charge >= 0.3 is 0 Å². The van der Waals surface area contributed by atoms with Gasteiger partial charge in [-0.3, -0.25) is 9.52 Å². The molecule has 2 heterocycles. The molecule has 0 spiro atoms. The van der Waals surface area contributed by atoms with E-state index in [1.54, 1.807) is 6.92 Å². The number of hydrogen-bond donors (Lipinski definition) is 2. The Morgan fingerprint density at radius 1 is 1.32 bits per heavy atom. The van der Waals surface area contributed by atoms with Crippen LogP contribution in [0.15, 0.2) is 40.3 Å². The SMILES string of the molecule is Cc1cc(NS(=O)(=O)c2ccc(OC(C)C)nc2)c[nH]c1=O. The average Bonchev–Trinajstić information content (AvgIpc) is 2.42. The third kappa shape index (κ3) is 3.85. The predicted octanol–water partition coefficient (Wildman–Crippen LogP) is 1.67. The molecule has 0 aromatic carbocycles. The van der Waals surface area contributed by atoms with Gasteiger partial charge in [0.05, 0.1) is 18.0 Å². The third-order valence-corrected chi connectivity index (χ3v) is 4.08. The van der Waals surface area contributed by atoms with Gasteiger partial charge in [0.1, 0.15) is 4.90 Å². The maximum atomic E-state index is 12.2. The number of nitrogens with zero attached hydrogens (tertiary/aromatic N) is 1. The van der Waals surface area contributed by atoms with Crippen molar-refractivity contribution < 1.29 is 13.2 Å². The standard InChI is InChI=1S/C14H17N3O4S/c1-9(2)21-13-5-4-12(8-15-13)22(19,20)17-11-6-10(3)14(18)16-7-11/h4-9,17H,1-3H3,(H,16,18). The lowest BCUT2D eigenvalue weighted by Gasteiger charge is -2.10. The molecule has 2 aromatic rings. The number of aromatic amines is 1. The number of sulfonamides is 1. The van der Waals surface area contributed by atoms with E-state index in [1.807, 2.05) is 13.8 Å². The largest absolute Gasteiger partial charge is 0.475 e. The minimum absolute atomic E-state index is 0.00691. The summed E-state index contributed by atoms with van der Waals surface area (Å²) in [5.41, 5.74) is 0.429. The van der Waals surface area contributed by atoms with Crippen molar-refractivity contribution in [3.63, 3.8) is 0 Å². The highest BCUT2D eigenvalue weighted by Crippen LogP contribution is 2.17. The van der Waals surface area contributed by atoms with Gasteiger partial charge in [0.2, 0.25) is 5.88 Å². The Balaban J connectivity index is 2.22. The van der Waals surface area contributed by atoms with E-state index in [2.05, 4.69) is 14.7 Å². The number of rotatable bonds is 5. The van der Waals surface area contributed by atoms with Crippen LogP contribution in [0.3, 0.4) is 0 Å². The normalized spacial score (nSPS) is 11.5. The molecule has 0 aliphatic heterocycles. The summed E-state index contributed by atoms with van der Waals surface area (Å²) in [6.07, 6.45) is 2.48. The highest BCUT2D eigenvalue weighted by Gasteiger charge is 2.15. The van der Waals surface area contributed by atoms with Crippen molar-refractivity contribution in [1.29, 1.82) is 0 Å². The Labute approximate surface area is 128 Å². The zero-order valence-electron chi connectivity index (χ0n) is 12.5. The lowest BCUT2D eigenvalue weighted by atomic mass is 10.3. The summed E-state index contributed by atoms with van der Waals surface area (Å²) >= 11 is 0. The van der Waals surface area contributed by atoms with E-state index < -0.39 is 10.0 Å². The smallest absolute Gasteiger partial charge is 0.263 e. The average molecular weight is 323 g/mol. The first kappa shape index (κ1) is 16.0. The van der Waals surface area contributed by atoms with Crippen LogP contribution in [0.4, 0.5) is 5.69 Å². The van der Waals surface area contributed by atoms with Gasteiger partial charge in [-0.15, -0.1) is 0 Å². The van der Waals surface area contributed by atoms with E-state index in [0.29, 0.717) is 11.4 Å². The predicted molar refractivity (Wildman–Crippen MR) is 82.6 cm³/mol. The molecule has 0 atom stereocenters. The second-order valence-corrected chi connectivity index (χ2v) is 6.69. The van der Waals surface area contributed by atoms with E-state index in [9.17, 15) is 13.2 Å². The van der Waals surface area contributed by atoms with Gasteiger partial charge in [-0.1, -0.05) is 0 Å². The number of aromatic nitrogens is 2. The van der Waals surface area contributed by atoms with Crippen LogP contribution in [0.1, 0.15) is 19.4 Å². The van der Waals surface area contributed by atoms with E-state index in [1.165, 1.54) is 30.6 Å². The Morgan fingerprint density at radius 2 is 2.05 bits per heavy atom. The molecule has 0 unspecified atom stereocenters. The van der Waals surface area contributed by atoms with E-state index in [4.69, 9.17) is 4.74 Å². The molecule has 22 heavy (non-hydrogen) atoms. The molecule has 0 radical (unpaired) electrons. The van der Waals surface area contributed by atoms with Crippen LogP contribution >= 0.6 is 0 Å². The lowest BCUT2D eigenvalue weighted by molar-refractivity contribution is 0.232. The first-order valence-corrected chi connectivity index (χ1v) is 8.11. The first-order valence-electron chi connectivity index (χ1n) is 6.63. The molecule has 0 bridgehead atoms. The Kier molecular flexibility index (Phi) is 4.51. The highest BCUT2D eigenvalue weighted by molar-refractivity contribution is 7.92. The van der Waals surface area contributed by atoms with Gasteiger partial charge < -0.3 is 9.72 Å². The molecule has 0 saturated heterocycles. The van der Waals surface area contributed by atoms with E-state index in [0.717, 1.165) is 0 Å². The van der Waals surface area contributed by atoms with Crippen molar-refractivity contribution in [3.05, 3.63) is 46.5 Å². The summed E-state index contributed by atoms with van der Waals surface area (Å²) < 4.78 is 32.2. The number of hydrogen-bond acceptors (Lipinski definition) is 5. The molecular weight excluding hydrogens is 306 g/mol. The minimum Gasteiger partial charge on any atom is -0.475 e. The third-order valence-electron chi connectivity index (χ3n) is 2.72. The Bertz CT molecular complexity index is 811. The fraction of sp³-hybridized carbons (Fsp3) is 0.286. The number of aryl methyl sites for hydroxylation is 1. The van der Waals surface area contributed by atoms with Crippen molar-refractivity contribution in [2.75, 3.05) is 4.72 Å². The van der Waals surface area contributed by atoms with E-state index >= 15 is 0 Å². The second kappa shape index (κ2) is 6.18. The topological polar surface area (TPSA) is 101 Å². The van der Waals surface area contributed by atoms with Crippen LogP contribution in [0.5, 0.6) is 5.88 Å². The van der Waals surface area contributed by atoms with Gasteiger partial charge in [0, 0.05) is 17.8 Å². The van der Waals surface area contributed by atoms with Gasteiger partial charge in [-0.25, -0.2) is 13.4 Å². The monoisotopic (exact) mass is 323 g/mol. The van der Waals surface area contributed by atoms with Crippen molar-refractivity contribution in [1.82, 2.24) is 9.97 Å². The molecule has 0 saturated carbocycles. The molecule has 0 aliphatic rings. The lowest BCUT2D eigenvalue weighted by Crippen LogP contribution is -2.16. The highest BCUT2D eigenvalue weighted by atomic mass is 32.2. The molecule has 0 fully saturated rings. The molecule has 2 N–H and O–H groups in total.